The molecule has 0 saturated heterocycles. The molecular formula is C17H18ClNO4. The van der Waals surface area contributed by atoms with Gasteiger partial charge in [-0.3, -0.25) is 9.59 Å². The summed E-state index contributed by atoms with van der Waals surface area (Å²) in [6, 6.07) is 9.48. The van der Waals surface area contributed by atoms with Crippen LogP contribution in [0.15, 0.2) is 47.1 Å². The Labute approximate surface area is 139 Å². The van der Waals surface area contributed by atoms with E-state index < -0.39 is 6.04 Å². The molecule has 23 heavy (non-hydrogen) atoms. The summed E-state index contributed by atoms with van der Waals surface area (Å²) in [5.41, 5.74) is 0.582. The number of halogens is 1. The Morgan fingerprint density at radius 1 is 1.17 bits per heavy atom. The number of hydrogen-bond donors (Lipinski definition) is 2. The first kappa shape index (κ1) is 17.2. The van der Waals surface area contributed by atoms with E-state index in [1.54, 1.807) is 36.4 Å². The number of carbonyl (C=O) groups is 2. The minimum atomic E-state index is -0.565. The molecule has 0 bridgehead atoms. The van der Waals surface area contributed by atoms with Gasteiger partial charge in [-0.25, -0.2) is 0 Å². The van der Waals surface area contributed by atoms with Crippen molar-refractivity contribution in [3.63, 3.8) is 0 Å². The molecule has 0 fully saturated rings. The molecule has 0 spiro atoms. The van der Waals surface area contributed by atoms with Gasteiger partial charge in [-0.15, -0.1) is 0 Å². The summed E-state index contributed by atoms with van der Waals surface area (Å²) in [6.07, 6.45) is 2.40. The fraction of sp³-hybridized carbons (Fsp3) is 0.294. The topological polar surface area (TPSA) is 79.5 Å². The highest BCUT2D eigenvalue weighted by Gasteiger charge is 2.16. The number of nitrogens with one attached hydrogen (secondary N) is 1. The Morgan fingerprint density at radius 2 is 1.91 bits per heavy atom. The average molecular weight is 336 g/mol. The van der Waals surface area contributed by atoms with Crippen LogP contribution in [0, 0.1) is 0 Å². The second kappa shape index (κ2) is 8.50. The first-order valence-corrected chi connectivity index (χ1v) is 7.70. The van der Waals surface area contributed by atoms with Crippen molar-refractivity contribution in [1.82, 2.24) is 5.32 Å². The smallest absolute Gasteiger partial charge is 0.220 e. The van der Waals surface area contributed by atoms with E-state index in [1.807, 2.05) is 0 Å². The summed E-state index contributed by atoms with van der Waals surface area (Å²) in [6.45, 7) is -0.247. The highest BCUT2D eigenvalue weighted by molar-refractivity contribution is 6.30. The van der Waals surface area contributed by atoms with Crippen molar-refractivity contribution in [2.24, 2.45) is 0 Å². The van der Waals surface area contributed by atoms with Gasteiger partial charge in [0.2, 0.25) is 5.91 Å². The van der Waals surface area contributed by atoms with Crippen molar-refractivity contribution in [2.45, 2.75) is 25.3 Å². The Morgan fingerprint density at radius 3 is 2.52 bits per heavy atom. The lowest BCUT2D eigenvalue weighted by atomic mass is 10.1. The van der Waals surface area contributed by atoms with E-state index in [2.05, 4.69) is 5.32 Å². The molecule has 6 heteroatoms. The van der Waals surface area contributed by atoms with Crippen molar-refractivity contribution in [3.8, 4) is 0 Å². The number of aliphatic hydroxyl groups excluding tert-OH is 1. The summed E-state index contributed by atoms with van der Waals surface area (Å²) >= 11 is 5.77. The average Bonchev–Trinajstić information content (AvgIpc) is 3.07. The SMILES string of the molecule is O=C(CCCC(=O)c1ccc(Cl)cc1)NC(CO)c1ccco1. The molecule has 1 aromatic heterocycles. The molecule has 1 amide bonds. The number of amides is 1. The molecule has 1 unspecified atom stereocenters. The number of benzene rings is 1. The van der Waals surface area contributed by atoms with Gasteiger partial charge >= 0.3 is 0 Å². The van der Waals surface area contributed by atoms with Crippen molar-refractivity contribution in [1.29, 1.82) is 0 Å². The van der Waals surface area contributed by atoms with Crippen molar-refractivity contribution < 1.29 is 19.1 Å². The maximum atomic E-state index is 12.0. The first-order valence-electron chi connectivity index (χ1n) is 7.32. The second-order valence-electron chi connectivity index (χ2n) is 5.10. The Kier molecular flexibility index (Phi) is 6.38. The standard InChI is InChI=1S/C17H18ClNO4/c18-13-8-6-12(7-9-13)15(21)3-1-5-17(22)19-14(11-20)16-4-2-10-23-16/h2,4,6-10,14,20H,1,3,5,11H2,(H,19,22). The minimum absolute atomic E-state index is 0.0285. The van der Waals surface area contributed by atoms with Crippen molar-refractivity contribution in [3.05, 3.63) is 59.0 Å². The Bertz CT molecular complexity index is 637. The van der Waals surface area contributed by atoms with Crippen LogP contribution in [0.2, 0.25) is 5.02 Å². The largest absolute Gasteiger partial charge is 0.467 e. The van der Waals surface area contributed by atoms with Crippen LogP contribution in [-0.4, -0.2) is 23.4 Å². The summed E-state index contributed by atoms with van der Waals surface area (Å²) in [4.78, 5) is 23.9. The number of aliphatic hydroxyl groups is 1. The van der Waals surface area contributed by atoms with E-state index in [1.165, 1.54) is 6.26 Å². The van der Waals surface area contributed by atoms with Gasteiger partial charge in [-0.2, -0.15) is 0 Å². The lowest BCUT2D eigenvalue weighted by molar-refractivity contribution is -0.122. The summed E-state index contributed by atoms with van der Waals surface area (Å²) < 4.78 is 5.16. The summed E-state index contributed by atoms with van der Waals surface area (Å²) in [5.74, 6) is 0.238. The monoisotopic (exact) mass is 335 g/mol. The quantitative estimate of drug-likeness (QED) is 0.726. The highest BCUT2D eigenvalue weighted by Crippen LogP contribution is 2.14. The minimum Gasteiger partial charge on any atom is -0.467 e. The van der Waals surface area contributed by atoms with Crippen LogP contribution < -0.4 is 5.32 Å². The van der Waals surface area contributed by atoms with Crippen molar-refractivity contribution in [2.75, 3.05) is 6.61 Å². The molecule has 2 aromatic rings. The molecule has 1 aromatic carbocycles. The fourth-order valence-electron chi connectivity index (χ4n) is 2.15. The van der Waals surface area contributed by atoms with Gasteiger partial charge in [0.15, 0.2) is 5.78 Å². The fourth-order valence-corrected chi connectivity index (χ4v) is 2.28. The van der Waals surface area contributed by atoms with Crippen molar-refractivity contribution >= 4 is 23.3 Å². The lowest BCUT2D eigenvalue weighted by Gasteiger charge is -2.13. The molecule has 0 saturated carbocycles. The van der Waals surface area contributed by atoms with Gasteiger partial charge in [-0.1, -0.05) is 11.6 Å². The van der Waals surface area contributed by atoms with Crippen LogP contribution in [0.4, 0.5) is 0 Å². The van der Waals surface area contributed by atoms with Crippen LogP contribution in [0.5, 0.6) is 0 Å². The second-order valence-corrected chi connectivity index (χ2v) is 5.54. The Hall–Kier alpha value is -2.11. The first-order chi connectivity index (χ1) is 11.1. The van der Waals surface area contributed by atoms with Crippen LogP contribution >= 0.6 is 11.6 Å². The molecular weight excluding hydrogens is 318 g/mol. The lowest BCUT2D eigenvalue weighted by Crippen LogP contribution is -2.30. The van der Waals surface area contributed by atoms with E-state index in [-0.39, 0.29) is 31.1 Å². The predicted molar refractivity (Wildman–Crippen MR) is 86.3 cm³/mol. The van der Waals surface area contributed by atoms with E-state index in [0.29, 0.717) is 22.8 Å². The van der Waals surface area contributed by atoms with Gasteiger partial charge < -0.3 is 14.8 Å². The zero-order valence-corrected chi connectivity index (χ0v) is 13.3. The third kappa shape index (κ3) is 5.23. The molecule has 0 aliphatic heterocycles. The zero-order chi connectivity index (χ0) is 16.7. The third-order valence-electron chi connectivity index (χ3n) is 3.38. The zero-order valence-electron chi connectivity index (χ0n) is 12.5. The molecule has 1 heterocycles. The molecule has 5 nitrogen and oxygen atoms in total. The normalized spacial score (nSPS) is 11.9. The maximum absolute atomic E-state index is 12.0. The van der Waals surface area contributed by atoms with E-state index in [4.69, 9.17) is 16.0 Å². The van der Waals surface area contributed by atoms with Gasteiger partial charge in [-0.05, 0) is 42.8 Å². The number of hydrogen-bond acceptors (Lipinski definition) is 4. The summed E-state index contributed by atoms with van der Waals surface area (Å²) in [5, 5.41) is 12.5. The highest BCUT2D eigenvalue weighted by atomic mass is 35.5. The molecule has 0 radical (unpaired) electrons. The number of ketones is 1. The summed E-state index contributed by atoms with van der Waals surface area (Å²) in [7, 11) is 0. The number of carbonyl (C=O) groups excluding carboxylic acids is 2. The van der Waals surface area contributed by atoms with Gasteiger partial charge in [0.1, 0.15) is 11.8 Å². The molecule has 0 aliphatic rings. The Balaban J connectivity index is 1.76. The van der Waals surface area contributed by atoms with Gasteiger partial charge in [0.25, 0.3) is 0 Å². The van der Waals surface area contributed by atoms with E-state index in [0.717, 1.165) is 0 Å². The number of furan rings is 1. The van der Waals surface area contributed by atoms with Crippen LogP contribution in [0.25, 0.3) is 0 Å². The molecule has 1 atom stereocenters. The maximum Gasteiger partial charge on any atom is 0.220 e. The van der Waals surface area contributed by atoms with E-state index in [9.17, 15) is 14.7 Å². The molecule has 2 rings (SSSR count). The van der Waals surface area contributed by atoms with Gasteiger partial charge in [0, 0.05) is 23.4 Å². The number of rotatable bonds is 8. The van der Waals surface area contributed by atoms with Crippen LogP contribution in [0.1, 0.15) is 41.4 Å². The molecule has 0 aliphatic carbocycles. The molecule has 2 N–H and O–H groups in total. The van der Waals surface area contributed by atoms with Gasteiger partial charge in [0.05, 0.1) is 12.9 Å². The van der Waals surface area contributed by atoms with E-state index >= 15 is 0 Å². The number of Topliss-reactive ketones (excluding diaryl/α,β-unsaturated/α-hetero) is 1. The predicted octanol–water partition coefficient (Wildman–Crippen LogP) is 3.14. The van der Waals surface area contributed by atoms with Crippen LogP contribution in [0.3, 0.4) is 0 Å². The third-order valence-corrected chi connectivity index (χ3v) is 3.63. The molecule has 122 valence electrons. The van der Waals surface area contributed by atoms with Crippen LogP contribution in [-0.2, 0) is 4.79 Å².